The molecule has 1 aliphatic heterocycles. The van der Waals surface area contributed by atoms with Crippen LogP contribution in [0.1, 0.15) is 18.4 Å². The highest BCUT2D eigenvalue weighted by Crippen LogP contribution is 2.19. The Morgan fingerprint density at radius 1 is 1.19 bits per heavy atom. The number of rotatable bonds is 5. The highest BCUT2D eigenvalue weighted by Gasteiger charge is 2.25. The summed E-state index contributed by atoms with van der Waals surface area (Å²) in [6, 6.07) is 8.16. The van der Waals surface area contributed by atoms with Crippen LogP contribution >= 0.6 is 0 Å². The maximum Gasteiger partial charge on any atom is 0.241 e. The molecule has 1 aliphatic rings. The van der Waals surface area contributed by atoms with E-state index in [2.05, 4.69) is 10.4 Å². The molecule has 1 aromatic heterocycles. The second-order valence-electron chi connectivity index (χ2n) is 6.80. The molecule has 0 unspecified atom stereocenters. The molecule has 1 N–H and O–H groups in total. The van der Waals surface area contributed by atoms with E-state index < -0.39 is 10.0 Å². The van der Waals surface area contributed by atoms with Crippen LogP contribution in [0.4, 0.5) is 0 Å². The zero-order valence-corrected chi connectivity index (χ0v) is 15.9. The largest absolute Gasteiger partial charge is 0.352 e. The number of amides is 1. The number of sulfonamides is 1. The first-order valence-electron chi connectivity index (χ1n) is 8.65. The van der Waals surface area contributed by atoms with E-state index in [1.54, 1.807) is 10.9 Å². The van der Waals surface area contributed by atoms with E-state index in [0.29, 0.717) is 25.9 Å². The van der Waals surface area contributed by atoms with Gasteiger partial charge in [0.05, 0.1) is 12.5 Å². The van der Waals surface area contributed by atoms with Crippen LogP contribution in [0.3, 0.4) is 0 Å². The Labute approximate surface area is 154 Å². The topological polar surface area (TPSA) is 84.3 Å². The maximum absolute atomic E-state index is 12.2. The van der Waals surface area contributed by atoms with E-state index in [4.69, 9.17) is 0 Å². The lowest BCUT2D eigenvalue weighted by Crippen LogP contribution is -2.46. The van der Waals surface area contributed by atoms with E-state index >= 15 is 0 Å². The average Bonchev–Trinajstić information content (AvgIpc) is 3.03. The van der Waals surface area contributed by atoms with Crippen molar-refractivity contribution in [2.75, 3.05) is 19.3 Å². The molecule has 0 aliphatic carbocycles. The molecule has 0 bridgehead atoms. The fourth-order valence-electron chi connectivity index (χ4n) is 3.10. The van der Waals surface area contributed by atoms with Gasteiger partial charge in [0.25, 0.3) is 0 Å². The van der Waals surface area contributed by atoms with E-state index in [0.717, 1.165) is 11.1 Å². The minimum Gasteiger partial charge on any atom is -0.352 e. The predicted octanol–water partition coefficient (Wildman–Crippen LogP) is 1.40. The summed E-state index contributed by atoms with van der Waals surface area (Å²) in [6.45, 7) is 3.09. The molecule has 2 heterocycles. The third kappa shape index (κ3) is 4.70. The van der Waals surface area contributed by atoms with Crippen molar-refractivity contribution < 1.29 is 13.2 Å². The fraction of sp³-hybridized carbons (Fsp3) is 0.444. The van der Waals surface area contributed by atoms with Crippen molar-refractivity contribution in [2.24, 2.45) is 0 Å². The van der Waals surface area contributed by atoms with Crippen LogP contribution in [0.2, 0.25) is 0 Å². The average molecular weight is 376 g/mol. The van der Waals surface area contributed by atoms with Crippen LogP contribution in [0.15, 0.2) is 36.7 Å². The molecule has 1 fully saturated rings. The van der Waals surface area contributed by atoms with Crippen LogP contribution in [0.25, 0.3) is 11.1 Å². The summed E-state index contributed by atoms with van der Waals surface area (Å²) >= 11 is 0. The zero-order chi connectivity index (χ0) is 18.7. The van der Waals surface area contributed by atoms with Crippen molar-refractivity contribution in [1.82, 2.24) is 19.4 Å². The van der Waals surface area contributed by atoms with Gasteiger partial charge in [-0.2, -0.15) is 5.10 Å². The summed E-state index contributed by atoms with van der Waals surface area (Å²) < 4.78 is 26.1. The van der Waals surface area contributed by atoms with Gasteiger partial charge in [0.2, 0.25) is 15.9 Å². The second kappa shape index (κ2) is 7.59. The van der Waals surface area contributed by atoms with Crippen LogP contribution in [-0.2, 0) is 21.4 Å². The van der Waals surface area contributed by atoms with Crippen molar-refractivity contribution >= 4 is 15.9 Å². The Kier molecular flexibility index (Phi) is 5.43. The predicted molar refractivity (Wildman–Crippen MR) is 100.0 cm³/mol. The van der Waals surface area contributed by atoms with Gasteiger partial charge in [-0.1, -0.05) is 29.8 Å². The highest BCUT2D eigenvalue weighted by atomic mass is 32.2. The first kappa shape index (κ1) is 18.6. The number of benzene rings is 1. The van der Waals surface area contributed by atoms with Crippen molar-refractivity contribution in [3.05, 3.63) is 42.2 Å². The van der Waals surface area contributed by atoms with Gasteiger partial charge in [-0.15, -0.1) is 0 Å². The number of piperidine rings is 1. The molecule has 140 valence electrons. The quantitative estimate of drug-likeness (QED) is 0.855. The van der Waals surface area contributed by atoms with Crippen LogP contribution in [0.5, 0.6) is 0 Å². The molecule has 7 nitrogen and oxygen atoms in total. The lowest BCUT2D eigenvalue weighted by atomic mass is 10.1. The first-order valence-corrected chi connectivity index (χ1v) is 10.5. The van der Waals surface area contributed by atoms with Crippen molar-refractivity contribution in [3.63, 3.8) is 0 Å². The molecule has 1 aromatic carbocycles. The van der Waals surface area contributed by atoms with Crippen molar-refractivity contribution in [1.29, 1.82) is 0 Å². The van der Waals surface area contributed by atoms with Gasteiger partial charge in [-0.25, -0.2) is 12.7 Å². The highest BCUT2D eigenvalue weighted by molar-refractivity contribution is 7.88. The summed E-state index contributed by atoms with van der Waals surface area (Å²) in [6.07, 6.45) is 6.09. The SMILES string of the molecule is Cc1ccc(-c2cnn(CC(=O)NC3CCN(S(C)(=O)=O)CC3)c2)cc1. The molecule has 8 heteroatoms. The third-order valence-electron chi connectivity index (χ3n) is 4.61. The standard InChI is InChI=1S/C18H24N4O3S/c1-14-3-5-15(6-4-14)16-11-19-21(12-16)13-18(23)20-17-7-9-22(10-8-17)26(2,24)25/h3-6,11-12,17H,7-10,13H2,1-2H3,(H,20,23). The van der Waals surface area contributed by atoms with E-state index in [9.17, 15) is 13.2 Å². The second-order valence-corrected chi connectivity index (χ2v) is 8.78. The van der Waals surface area contributed by atoms with Gasteiger partial charge in [0.15, 0.2) is 0 Å². The van der Waals surface area contributed by atoms with Crippen LogP contribution in [0, 0.1) is 6.92 Å². The first-order chi connectivity index (χ1) is 12.3. The lowest BCUT2D eigenvalue weighted by molar-refractivity contribution is -0.122. The third-order valence-corrected chi connectivity index (χ3v) is 5.91. The number of aromatic nitrogens is 2. The molecule has 1 amide bonds. The van der Waals surface area contributed by atoms with Crippen molar-refractivity contribution in [3.8, 4) is 11.1 Å². The van der Waals surface area contributed by atoms with E-state index in [-0.39, 0.29) is 18.5 Å². The number of aryl methyl sites for hydroxylation is 1. The van der Waals surface area contributed by atoms with Crippen LogP contribution < -0.4 is 5.32 Å². The molecular weight excluding hydrogens is 352 g/mol. The van der Waals surface area contributed by atoms with E-state index in [1.807, 2.05) is 37.4 Å². The summed E-state index contributed by atoms with van der Waals surface area (Å²) in [4.78, 5) is 12.2. The lowest BCUT2D eigenvalue weighted by Gasteiger charge is -2.30. The summed E-state index contributed by atoms with van der Waals surface area (Å²) in [5.41, 5.74) is 3.23. The molecule has 3 rings (SSSR count). The molecule has 1 saturated heterocycles. The minimum atomic E-state index is -3.15. The number of hydrogen-bond acceptors (Lipinski definition) is 4. The number of carbonyl (C=O) groups excluding carboxylic acids is 1. The number of nitrogens with one attached hydrogen (secondary N) is 1. The van der Waals surface area contributed by atoms with Gasteiger partial charge in [0, 0.05) is 30.9 Å². The molecule has 0 atom stereocenters. The normalized spacial score (nSPS) is 16.5. The van der Waals surface area contributed by atoms with Crippen LogP contribution in [-0.4, -0.2) is 53.8 Å². The Balaban J connectivity index is 1.52. The summed E-state index contributed by atoms with van der Waals surface area (Å²) in [5, 5.41) is 7.24. The number of hydrogen-bond donors (Lipinski definition) is 1. The summed E-state index contributed by atoms with van der Waals surface area (Å²) in [7, 11) is -3.15. The van der Waals surface area contributed by atoms with Gasteiger partial charge in [0.1, 0.15) is 6.54 Å². The van der Waals surface area contributed by atoms with Gasteiger partial charge < -0.3 is 5.32 Å². The molecule has 0 saturated carbocycles. The Morgan fingerprint density at radius 3 is 2.46 bits per heavy atom. The number of nitrogens with zero attached hydrogens (tertiary/aromatic N) is 3. The maximum atomic E-state index is 12.2. The Hall–Kier alpha value is -2.19. The minimum absolute atomic E-state index is 0.00707. The number of carbonyl (C=O) groups is 1. The molecule has 2 aromatic rings. The van der Waals surface area contributed by atoms with Gasteiger partial charge in [-0.05, 0) is 25.3 Å². The molecular formula is C18H24N4O3S. The smallest absolute Gasteiger partial charge is 0.241 e. The monoisotopic (exact) mass is 376 g/mol. The molecule has 0 radical (unpaired) electrons. The summed E-state index contributed by atoms with van der Waals surface area (Å²) in [5.74, 6) is -0.110. The fourth-order valence-corrected chi connectivity index (χ4v) is 3.97. The molecule has 0 spiro atoms. The van der Waals surface area contributed by atoms with Crippen molar-refractivity contribution in [2.45, 2.75) is 32.4 Å². The molecule has 26 heavy (non-hydrogen) atoms. The zero-order valence-electron chi connectivity index (χ0n) is 15.1. The Morgan fingerprint density at radius 2 is 1.85 bits per heavy atom. The van der Waals surface area contributed by atoms with Gasteiger partial charge >= 0.3 is 0 Å². The van der Waals surface area contributed by atoms with Gasteiger partial charge in [-0.3, -0.25) is 9.48 Å². The van der Waals surface area contributed by atoms with E-state index in [1.165, 1.54) is 16.1 Å². The Bertz CT molecular complexity index is 866.